The fourth-order valence-corrected chi connectivity index (χ4v) is 3.58. The van der Waals surface area contributed by atoms with Crippen LogP contribution in [-0.4, -0.2) is 10.5 Å². The monoisotopic (exact) mass is 366 g/mol. The van der Waals surface area contributed by atoms with Gasteiger partial charge in [0, 0.05) is 17.1 Å². The van der Waals surface area contributed by atoms with Crippen LogP contribution in [0.1, 0.15) is 36.1 Å². The molecule has 0 saturated carbocycles. The second-order valence-corrected chi connectivity index (χ2v) is 6.93. The van der Waals surface area contributed by atoms with Crippen molar-refractivity contribution in [3.05, 3.63) is 75.3 Å². The fraction of sp³-hybridized carbons (Fsp3) is 0.273. The van der Waals surface area contributed by atoms with Gasteiger partial charge in [0.05, 0.1) is 5.52 Å². The zero-order chi connectivity index (χ0) is 19.7. The third-order valence-corrected chi connectivity index (χ3v) is 4.80. The van der Waals surface area contributed by atoms with Crippen LogP contribution >= 0.6 is 0 Å². The summed E-state index contributed by atoms with van der Waals surface area (Å²) < 4.78 is 14.7. The summed E-state index contributed by atoms with van der Waals surface area (Å²) >= 11 is 0. The smallest absolute Gasteiger partial charge is 0.252 e. The summed E-state index contributed by atoms with van der Waals surface area (Å²) in [6.07, 6.45) is 0.457. The Bertz CT molecular complexity index is 1070. The van der Waals surface area contributed by atoms with E-state index in [9.17, 15) is 14.0 Å². The van der Waals surface area contributed by atoms with Crippen LogP contribution in [0.15, 0.2) is 47.3 Å². The maximum atomic E-state index is 13.1. The molecule has 1 atom stereocenters. The molecule has 1 N–H and O–H groups in total. The first-order chi connectivity index (χ1) is 12.8. The Labute approximate surface area is 157 Å². The Hall–Kier alpha value is -2.95. The van der Waals surface area contributed by atoms with Gasteiger partial charge in [0.1, 0.15) is 11.9 Å². The van der Waals surface area contributed by atoms with E-state index in [0.717, 1.165) is 27.6 Å². The van der Waals surface area contributed by atoms with E-state index in [1.807, 2.05) is 39.8 Å². The van der Waals surface area contributed by atoms with Gasteiger partial charge in [-0.15, -0.1) is 0 Å². The SMILES string of the molecule is CCC(C(=O)Nc1ccc(F)cc1)n1c(=O)cc(C)c2cc(C)cc(C)c21. The first-order valence-electron chi connectivity index (χ1n) is 9.01. The van der Waals surface area contributed by atoms with Crippen LogP contribution in [0.3, 0.4) is 0 Å². The lowest BCUT2D eigenvalue weighted by atomic mass is 10.0. The van der Waals surface area contributed by atoms with Gasteiger partial charge in [-0.05, 0) is 68.7 Å². The van der Waals surface area contributed by atoms with Crippen molar-refractivity contribution >= 4 is 22.5 Å². The van der Waals surface area contributed by atoms with Crippen LogP contribution in [0.25, 0.3) is 10.9 Å². The number of rotatable bonds is 4. The number of fused-ring (bicyclic) bond motifs is 1. The molecular formula is C22H23FN2O2. The molecule has 5 heteroatoms. The van der Waals surface area contributed by atoms with Crippen LogP contribution in [-0.2, 0) is 4.79 Å². The predicted molar refractivity (Wildman–Crippen MR) is 107 cm³/mol. The number of aromatic nitrogens is 1. The summed E-state index contributed by atoms with van der Waals surface area (Å²) in [5, 5.41) is 3.76. The van der Waals surface area contributed by atoms with Crippen LogP contribution in [0.2, 0.25) is 0 Å². The molecule has 0 aliphatic heterocycles. The number of nitrogens with one attached hydrogen (secondary N) is 1. The van der Waals surface area contributed by atoms with E-state index >= 15 is 0 Å². The minimum atomic E-state index is -0.660. The number of hydrogen-bond acceptors (Lipinski definition) is 2. The van der Waals surface area contributed by atoms with Gasteiger partial charge >= 0.3 is 0 Å². The van der Waals surface area contributed by atoms with Crippen LogP contribution < -0.4 is 10.9 Å². The van der Waals surface area contributed by atoms with E-state index in [1.165, 1.54) is 24.3 Å². The Balaban J connectivity index is 2.12. The van der Waals surface area contributed by atoms with Crippen molar-refractivity contribution in [1.29, 1.82) is 0 Å². The molecule has 27 heavy (non-hydrogen) atoms. The van der Waals surface area contributed by atoms with Crippen LogP contribution in [0.5, 0.6) is 0 Å². The fourth-order valence-electron chi connectivity index (χ4n) is 3.58. The van der Waals surface area contributed by atoms with Gasteiger partial charge in [0.15, 0.2) is 0 Å². The summed E-state index contributed by atoms with van der Waals surface area (Å²) in [5.41, 5.74) is 4.04. The number of carbonyl (C=O) groups is 1. The number of halogens is 1. The zero-order valence-electron chi connectivity index (χ0n) is 16.0. The molecule has 0 bridgehead atoms. The normalized spacial score (nSPS) is 12.2. The molecular weight excluding hydrogens is 343 g/mol. The molecule has 0 aliphatic carbocycles. The van der Waals surface area contributed by atoms with E-state index in [4.69, 9.17) is 0 Å². The van der Waals surface area contributed by atoms with Crippen molar-refractivity contribution in [2.45, 2.75) is 40.2 Å². The summed E-state index contributed by atoms with van der Waals surface area (Å²) in [5.74, 6) is -0.664. The number of amides is 1. The lowest BCUT2D eigenvalue weighted by molar-refractivity contribution is -0.119. The van der Waals surface area contributed by atoms with Crippen LogP contribution in [0, 0.1) is 26.6 Å². The quantitative estimate of drug-likeness (QED) is 0.730. The second-order valence-electron chi connectivity index (χ2n) is 6.93. The van der Waals surface area contributed by atoms with E-state index in [0.29, 0.717) is 12.1 Å². The lowest BCUT2D eigenvalue weighted by Crippen LogP contribution is -2.33. The molecule has 1 heterocycles. The molecule has 0 fully saturated rings. The molecule has 3 rings (SSSR count). The number of pyridine rings is 1. The molecule has 2 aromatic carbocycles. The van der Waals surface area contributed by atoms with Gasteiger partial charge in [-0.1, -0.05) is 18.6 Å². The largest absolute Gasteiger partial charge is 0.324 e. The topological polar surface area (TPSA) is 51.1 Å². The summed E-state index contributed by atoms with van der Waals surface area (Å²) in [6.45, 7) is 7.75. The predicted octanol–water partition coefficient (Wildman–Crippen LogP) is 4.66. The van der Waals surface area contributed by atoms with Gasteiger partial charge in [-0.25, -0.2) is 4.39 Å². The number of hydrogen-bond donors (Lipinski definition) is 1. The Morgan fingerprint density at radius 2 is 1.74 bits per heavy atom. The highest BCUT2D eigenvalue weighted by Gasteiger charge is 2.23. The van der Waals surface area contributed by atoms with E-state index < -0.39 is 6.04 Å². The van der Waals surface area contributed by atoms with Crippen molar-refractivity contribution in [2.75, 3.05) is 5.32 Å². The Kier molecular flexibility index (Phi) is 5.13. The third kappa shape index (κ3) is 3.63. The minimum absolute atomic E-state index is 0.201. The standard InChI is InChI=1S/C22H23FN2O2/c1-5-19(22(27)24-17-8-6-16(23)7-9-17)25-20(26)12-14(3)18-11-13(2)10-15(4)21(18)25/h6-12,19H,5H2,1-4H3,(H,24,27). The molecule has 1 unspecified atom stereocenters. The summed E-state index contributed by atoms with van der Waals surface area (Å²) in [7, 11) is 0. The molecule has 1 aromatic heterocycles. The van der Waals surface area contributed by atoms with Crippen molar-refractivity contribution < 1.29 is 9.18 Å². The van der Waals surface area contributed by atoms with Crippen molar-refractivity contribution in [3.63, 3.8) is 0 Å². The molecule has 0 radical (unpaired) electrons. The lowest BCUT2D eigenvalue weighted by Gasteiger charge is -2.22. The van der Waals surface area contributed by atoms with Gasteiger partial charge in [0.2, 0.25) is 5.91 Å². The van der Waals surface area contributed by atoms with Gasteiger partial charge < -0.3 is 5.32 Å². The third-order valence-electron chi connectivity index (χ3n) is 4.80. The second kappa shape index (κ2) is 7.35. The molecule has 3 aromatic rings. The molecule has 0 saturated heterocycles. The Morgan fingerprint density at radius 3 is 2.37 bits per heavy atom. The number of anilines is 1. The Morgan fingerprint density at radius 1 is 1.07 bits per heavy atom. The highest BCUT2D eigenvalue weighted by molar-refractivity contribution is 5.95. The average Bonchev–Trinajstić information content (AvgIpc) is 2.60. The van der Waals surface area contributed by atoms with Gasteiger partial charge in [-0.2, -0.15) is 0 Å². The molecule has 140 valence electrons. The number of aryl methyl sites for hydroxylation is 3. The van der Waals surface area contributed by atoms with E-state index in [1.54, 1.807) is 10.6 Å². The molecule has 1 amide bonds. The minimum Gasteiger partial charge on any atom is -0.324 e. The summed E-state index contributed by atoms with van der Waals surface area (Å²) in [6, 6.07) is 10.6. The number of nitrogens with zero attached hydrogens (tertiary/aromatic N) is 1. The maximum absolute atomic E-state index is 13.1. The van der Waals surface area contributed by atoms with E-state index in [-0.39, 0.29) is 17.3 Å². The van der Waals surface area contributed by atoms with Crippen molar-refractivity contribution in [2.24, 2.45) is 0 Å². The molecule has 0 spiro atoms. The first-order valence-corrected chi connectivity index (χ1v) is 9.01. The van der Waals surface area contributed by atoms with Crippen molar-refractivity contribution in [1.82, 2.24) is 4.57 Å². The molecule has 4 nitrogen and oxygen atoms in total. The highest BCUT2D eigenvalue weighted by atomic mass is 19.1. The number of benzene rings is 2. The number of carbonyl (C=O) groups excluding carboxylic acids is 1. The molecule has 0 aliphatic rings. The average molecular weight is 366 g/mol. The maximum Gasteiger partial charge on any atom is 0.252 e. The summed E-state index contributed by atoms with van der Waals surface area (Å²) in [4.78, 5) is 25.7. The van der Waals surface area contributed by atoms with Crippen molar-refractivity contribution in [3.8, 4) is 0 Å². The van der Waals surface area contributed by atoms with Crippen LogP contribution in [0.4, 0.5) is 10.1 Å². The highest BCUT2D eigenvalue weighted by Crippen LogP contribution is 2.26. The van der Waals surface area contributed by atoms with Gasteiger partial charge in [0.25, 0.3) is 5.56 Å². The van der Waals surface area contributed by atoms with E-state index in [2.05, 4.69) is 5.32 Å². The zero-order valence-corrected chi connectivity index (χ0v) is 16.0. The van der Waals surface area contributed by atoms with Gasteiger partial charge in [-0.3, -0.25) is 14.2 Å². The first kappa shape index (κ1) is 18.8.